The second-order valence-corrected chi connectivity index (χ2v) is 5.01. The Kier molecular flexibility index (Phi) is 5.51. The van der Waals surface area contributed by atoms with Crippen LogP contribution >= 0.6 is 34.2 Å². The summed E-state index contributed by atoms with van der Waals surface area (Å²) in [5.41, 5.74) is 6.09. The monoisotopic (exact) mass is 352 g/mol. The summed E-state index contributed by atoms with van der Waals surface area (Å²) in [4.78, 5) is 11.8. The highest BCUT2D eigenvalue weighted by atomic mass is 127. The zero-order valence-electron chi connectivity index (χ0n) is 8.97. The summed E-state index contributed by atoms with van der Waals surface area (Å²) in [6, 6.07) is 5.26. The second kappa shape index (κ2) is 6.42. The zero-order valence-corrected chi connectivity index (χ0v) is 11.9. The fraction of sp³-hybridized carbons (Fsp3) is 0.364. The third-order valence-corrected chi connectivity index (χ3v) is 3.87. The lowest BCUT2D eigenvalue weighted by Gasteiger charge is -2.14. The molecule has 0 bridgehead atoms. The van der Waals surface area contributed by atoms with Crippen molar-refractivity contribution in [2.75, 3.05) is 6.54 Å². The van der Waals surface area contributed by atoms with Gasteiger partial charge in [-0.25, -0.2) is 0 Å². The summed E-state index contributed by atoms with van der Waals surface area (Å²) in [5, 5.41) is 3.45. The van der Waals surface area contributed by atoms with Crippen LogP contribution in [-0.2, 0) is 0 Å². The van der Waals surface area contributed by atoms with Crippen LogP contribution in [0.2, 0.25) is 5.02 Å². The fourth-order valence-corrected chi connectivity index (χ4v) is 1.75. The average Bonchev–Trinajstić information content (AvgIpc) is 2.29. The van der Waals surface area contributed by atoms with Gasteiger partial charge in [-0.2, -0.15) is 0 Å². The maximum Gasteiger partial charge on any atom is 0.251 e. The molecule has 3 N–H and O–H groups in total. The molecule has 0 aliphatic carbocycles. The zero-order chi connectivity index (χ0) is 12.1. The molecule has 0 heterocycles. The van der Waals surface area contributed by atoms with Gasteiger partial charge in [-0.3, -0.25) is 4.79 Å². The highest BCUT2D eigenvalue weighted by Gasteiger charge is 2.11. The first-order valence-corrected chi connectivity index (χ1v) is 6.50. The van der Waals surface area contributed by atoms with E-state index in [-0.39, 0.29) is 11.9 Å². The van der Waals surface area contributed by atoms with Crippen molar-refractivity contribution < 1.29 is 4.79 Å². The quantitative estimate of drug-likeness (QED) is 0.818. The van der Waals surface area contributed by atoms with E-state index in [4.69, 9.17) is 17.3 Å². The van der Waals surface area contributed by atoms with Gasteiger partial charge in [-0.15, -0.1) is 0 Å². The molecule has 0 aliphatic rings. The van der Waals surface area contributed by atoms with Gasteiger partial charge in [0.25, 0.3) is 5.91 Å². The third kappa shape index (κ3) is 3.61. The van der Waals surface area contributed by atoms with Gasteiger partial charge in [0, 0.05) is 21.7 Å². The molecule has 1 unspecified atom stereocenters. The number of nitrogens with one attached hydrogen (secondary N) is 1. The number of carbonyl (C=O) groups excluding carboxylic acids is 1. The Morgan fingerprint density at radius 2 is 2.31 bits per heavy atom. The van der Waals surface area contributed by atoms with E-state index in [2.05, 4.69) is 27.9 Å². The van der Waals surface area contributed by atoms with Gasteiger partial charge in [-0.05, 0) is 47.2 Å². The average molecular weight is 353 g/mol. The lowest BCUT2D eigenvalue weighted by atomic mass is 10.1. The van der Waals surface area contributed by atoms with Crippen molar-refractivity contribution in [1.82, 2.24) is 5.32 Å². The first-order valence-electron chi connectivity index (χ1n) is 5.04. The van der Waals surface area contributed by atoms with Crippen LogP contribution in [0.25, 0.3) is 0 Å². The first-order chi connectivity index (χ1) is 7.58. The van der Waals surface area contributed by atoms with Gasteiger partial charge in [0.15, 0.2) is 0 Å². The van der Waals surface area contributed by atoms with Crippen molar-refractivity contribution in [3.8, 4) is 0 Å². The topological polar surface area (TPSA) is 55.1 Å². The summed E-state index contributed by atoms with van der Waals surface area (Å²) >= 11 is 8.07. The summed E-state index contributed by atoms with van der Waals surface area (Å²) in [6.07, 6.45) is 0.820. The van der Waals surface area contributed by atoms with E-state index in [1.54, 1.807) is 12.1 Å². The van der Waals surface area contributed by atoms with E-state index >= 15 is 0 Å². The molecule has 1 aromatic rings. The van der Waals surface area contributed by atoms with E-state index in [0.717, 1.165) is 9.99 Å². The molecule has 1 aromatic carbocycles. The van der Waals surface area contributed by atoms with Crippen LogP contribution in [0.4, 0.5) is 0 Å². The standard InChI is InChI=1S/C11H14ClIN2O/c1-2-8(6-14)15-11(16)7-3-4-10(13)9(12)5-7/h3-5,8H,2,6,14H2,1H3,(H,15,16). The summed E-state index contributed by atoms with van der Waals surface area (Å²) in [6.45, 7) is 2.43. The van der Waals surface area contributed by atoms with E-state index in [1.807, 2.05) is 13.0 Å². The van der Waals surface area contributed by atoms with Gasteiger partial charge in [0.1, 0.15) is 0 Å². The lowest BCUT2D eigenvalue weighted by Crippen LogP contribution is -2.39. The fourth-order valence-electron chi connectivity index (χ4n) is 1.23. The van der Waals surface area contributed by atoms with Crippen LogP contribution in [0.3, 0.4) is 0 Å². The minimum Gasteiger partial charge on any atom is -0.348 e. The van der Waals surface area contributed by atoms with Crippen LogP contribution in [0.5, 0.6) is 0 Å². The van der Waals surface area contributed by atoms with Gasteiger partial charge < -0.3 is 11.1 Å². The van der Waals surface area contributed by atoms with Crippen molar-refractivity contribution in [1.29, 1.82) is 0 Å². The Labute approximate surface area is 114 Å². The summed E-state index contributed by atoms with van der Waals surface area (Å²) in [5.74, 6) is -0.129. The van der Waals surface area contributed by atoms with Crippen molar-refractivity contribution in [2.24, 2.45) is 5.73 Å². The molecule has 88 valence electrons. The lowest BCUT2D eigenvalue weighted by molar-refractivity contribution is 0.0937. The molecule has 0 saturated carbocycles. The van der Waals surface area contributed by atoms with Gasteiger partial charge in [0.2, 0.25) is 0 Å². The number of benzene rings is 1. The molecule has 1 amide bonds. The SMILES string of the molecule is CCC(CN)NC(=O)c1ccc(I)c(Cl)c1. The van der Waals surface area contributed by atoms with Crippen LogP contribution in [0.15, 0.2) is 18.2 Å². The minimum absolute atomic E-state index is 0.0190. The first kappa shape index (κ1) is 13.7. The third-order valence-electron chi connectivity index (χ3n) is 2.29. The van der Waals surface area contributed by atoms with E-state index in [1.165, 1.54) is 0 Å². The maximum atomic E-state index is 11.8. The highest BCUT2D eigenvalue weighted by molar-refractivity contribution is 14.1. The van der Waals surface area contributed by atoms with Crippen molar-refractivity contribution in [3.63, 3.8) is 0 Å². The molecule has 0 aliphatic heterocycles. The van der Waals surface area contributed by atoms with Crippen LogP contribution < -0.4 is 11.1 Å². The molecule has 0 spiro atoms. The molecule has 1 rings (SSSR count). The number of carbonyl (C=O) groups is 1. The molecule has 1 atom stereocenters. The number of hydrogen-bond acceptors (Lipinski definition) is 2. The second-order valence-electron chi connectivity index (χ2n) is 3.44. The smallest absolute Gasteiger partial charge is 0.251 e. The Morgan fingerprint density at radius 1 is 1.62 bits per heavy atom. The van der Waals surface area contributed by atoms with Gasteiger partial charge >= 0.3 is 0 Å². The minimum atomic E-state index is -0.129. The number of hydrogen-bond donors (Lipinski definition) is 2. The molecule has 0 saturated heterocycles. The van der Waals surface area contributed by atoms with Crippen LogP contribution in [-0.4, -0.2) is 18.5 Å². The highest BCUT2D eigenvalue weighted by Crippen LogP contribution is 2.19. The molecule has 0 fully saturated rings. The van der Waals surface area contributed by atoms with E-state index in [9.17, 15) is 4.79 Å². The van der Waals surface area contributed by atoms with Gasteiger partial charge in [-0.1, -0.05) is 18.5 Å². The number of nitrogens with two attached hydrogens (primary N) is 1. The summed E-state index contributed by atoms with van der Waals surface area (Å²) in [7, 11) is 0. The molecule has 0 radical (unpaired) electrons. The number of halogens is 2. The van der Waals surface area contributed by atoms with Crippen LogP contribution in [0.1, 0.15) is 23.7 Å². The molecule has 3 nitrogen and oxygen atoms in total. The molecule has 16 heavy (non-hydrogen) atoms. The Morgan fingerprint density at radius 3 is 2.81 bits per heavy atom. The van der Waals surface area contributed by atoms with Gasteiger partial charge in [0.05, 0.1) is 5.02 Å². The Hall–Kier alpha value is -0.330. The van der Waals surface area contributed by atoms with Crippen molar-refractivity contribution in [2.45, 2.75) is 19.4 Å². The van der Waals surface area contributed by atoms with Crippen LogP contribution in [0, 0.1) is 3.57 Å². The predicted octanol–water partition coefficient (Wildman–Crippen LogP) is 2.41. The predicted molar refractivity (Wildman–Crippen MR) is 74.8 cm³/mol. The maximum absolute atomic E-state index is 11.8. The molecular weight excluding hydrogens is 338 g/mol. The molecule has 0 aromatic heterocycles. The van der Waals surface area contributed by atoms with Crippen molar-refractivity contribution >= 4 is 40.1 Å². The van der Waals surface area contributed by atoms with E-state index in [0.29, 0.717) is 17.1 Å². The largest absolute Gasteiger partial charge is 0.348 e. The van der Waals surface area contributed by atoms with Crippen molar-refractivity contribution in [3.05, 3.63) is 32.4 Å². The Bertz CT molecular complexity index is 380. The number of rotatable bonds is 4. The summed E-state index contributed by atoms with van der Waals surface area (Å²) < 4.78 is 0.932. The molecule has 5 heteroatoms. The van der Waals surface area contributed by atoms with E-state index < -0.39 is 0 Å². The Balaban J connectivity index is 2.76. The molecular formula is C11H14ClIN2O. The normalized spacial score (nSPS) is 12.2. The number of amides is 1.